The summed E-state index contributed by atoms with van der Waals surface area (Å²) in [4.78, 5) is 37.6. The van der Waals surface area contributed by atoms with Crippen molar-refractivity contribution in [3.05, 3.63) is 59.7 Å². The molecule has 0 aliphatic carbocycles. The van der Waals surface area contributed by atoms with E-state index in [1.807, 2.05) is 54.1 Å². The van der Waals surface area contributed by atoms with Crippen LogP contribution in [0.25, 0.3) is 0 Å². The van der Waals surface area contributed by atoms with Crippen LogP contribution in [0, 0.1) is 12.3 Å². The van der Waals surface area contributed by atoms with Crippen molar-refractivity contribution in [1.82, 2.24) is 19.8 Å². The van der Waals surface area contributed by atoms with Crippen molar-refractivity contribution in [2.75, 3.05) is 26.7 Å². The number of nitrogens with zero attached hydrogens (tertiary/aromatic N) is 4. The first-order valence-electron chi connectivity index (χ1n) is 9.85. The second kappa shape index (κ2) is 7.34. The number of carbonyl (C=O) groups excluding carboxylic acids is 2. The van der Waals surface area contributed by atoms with Crippen molar-refractivity contribution < 1.29 is 9.59 Å². The van der Waals surface area contributed by atoms with Crippen molar-refractivity contribution in [1.29, 1.82) is 0 Å². The van der Waals surface area contributed by atoms with E-state index in [0.29, 0.717) is 24.5 Å². The molecule has 0 N–H and O–H groups in total. The van der Waals surface area contributed by atoms with Crippen LogP contribution in [-0.4, -0.2) is 58.3 Å². The molecule has 2 amide bonds. The Hall–Kier alpha value is -2.76. The topological polar surface area (TPSA) is 66.4 Å². The van der Waals surface area contributed by atoms with Gasteiger partial charge in [-0.05, 0) is 37.2 Å². The first kappa shape index (κ1) is 18.6. The summed E-state index contributed by atoms with van der Waals surface area (Å²) < 4.78 is 0. The molecule has 1 atom stereocenters. The predicted octanol–water partition coefficient (Wildman–Crippen LogP) is 2.65. The molecule has 0 bridgehead atoms. The van der Waals surface area contributed by atoms with E-state index >= 15 is 0 Å². The molecule has 2 aromatic rings. The molecule has 1 spiro atoms. The maximum Gasteiger partial charge on any atom is 0.256 e. The molecule has 0 saturated carbocycles. The van der Waals surface area contributed by atoms with Gasteiger partial charge in [-0.25, -0.2) is 9.97 Å². The molecule has 1 aromatic carbocycles. The Morgan fingerprint density at radius 3 is 2.39 bits per heavy atom. The number of aryl methyl sites for hydroxylation is 1. The minimum atomic E-state index is -0.0901. The molecule has 2 fully saturated rings. The average molecular weight is 378 g/mol. The van der Waals surface area contributed by atoms with Gasteiger partial charge in [-0.15, -0.1) is 0 Å². The fourth-order valence-electron chi connectivity index (χ4n) is 4.61. The van der Waals surface area contributed by atoms with E-state index in [9.17, 15) is 9.59 Å². The number of likely N-dealkylation sites (tertiary alicyclic amines) is 2. The van der Waals surface area contributed by atoms with Crippen LogP contribution < -0.4 is 0 Å². The van der Waals surface area contributed by atoms with Crippen LogP contribution in [0.15, 0.2) is 42.7 Å². The zero-order chi connectivity index (χ0) is 19.7. The van der Waals surface area contributed by atoms with Crippen LogP contribution in [0.3, 0.4) is 0 Å². The lowest BCUT2D eigenvalue weighted by molar-refractivity contribution is -0.139. The van der Waals surface area contributed by atoms with Crippen molar-refractivity contribution in [2.24, 2.45) is 5.41 Å². The zero-order valence-corrected chi connectivity index (χ0v) is 16.5. The van der Waals surface area contributed by atoms with Crippen LogP contribution in [0.2, 0.25) is 0 Å². The SMILES string of the molecule is Cc1ncc(C(=O)N2CCC3(CC2)C[C@@H](c2ccccc2)C(=O)N(C)C3)cn1. The molecule has 28 heavy (non-hydrogen) atoms. The number of carbonyl (C=O) groups is 2. The van der Waals surface area contributed by atoms with E-state index in [-0.39, 0.29) is 23.1 Å². The predicted molar refractivity (Wildman–Crippen MR) is 106 cm³/mol. The molecular weight excluding hydrogens is 352 g/mol. The maximum atomic E-state index is 12.8. The van der Waals surface area contributed by atoms with E-state index < -0.39 is 0 Å². The number of piperidine rings is 2. The number of benzene rings is 1. The number of amides is 2. The van der Waals surface area contributed by atoms with Gasteiger partial charge in [-0.3, -0.25) is 9.59 Å². The van der Waals surface area contributed by atoms with E-state index in [1.165, 1.54) is 0 Å². The Balaban J connectivity index is 1.47. The van der Waals surface area contributed by atoms with Crippen LogP contribution >= 0.6 is 0 Å². The quantitative estimate of drug-likeness (QED) is 0.806. The molecular formula is C22H26N4O2. The minimum Gasteiger partial charge on any atom is -0.345 e. The molecule has 6 nitrogen and oxygen atoms in total. The molecule has 4 rings (SSSR count). The summed E-state index contributed by atoms with van der Waals surface area (Å²) in [5.41, 5.74) is 1.71. The highest BCUT2D eigenvalue weighted by atomic mass is 16.2. The van der Waals surface area contributed by atoms with E-state index in [0.717, 1.165) is 31.4 Å². The lowest BCUT2D eigenvalue weighted by Crippen LogP contribution is -2.53. The number of hydrogen-bond donors (Lipinski definition) is 0. The third kappa shape index (κ3) is 3.51. The van der Waals surface area contributed by atoms with Gasteiger partial charge in [0.1, 0.15) is 5.82 Å². The first-order valence-corrected chi connectivity index (χ1v) is 9.85. The largest absolute Gasteiger partial charge is 0.345 e. The lowest BCUT2D eigenvalue weighted by Gasteiger charge is -2.49. The van der Waals surface area contributed by atoms with E-state index in [2.05, 4.69) is 9.97 Å². The molecule has 2 aliphatic heterocycles. The Kier molecular flexibility index (Phi) is 4.87. The Labute approximate surface area is 165 Å². The molecule has 1 aromatic heterocycles. The second-order valence-corrected chi connectivity index (χ2v) is 8.17. The monoisotopic (exact) mass is 378 g/mol. The number of likely N-dealkylation sites (N-methyl/N-ethyl adjacent to an activating group) is 1. The molecule has 146 valence electrons. The van der Waals surface area contributed by atoms with Gasteiger partial charge in [0, 0.05) is 39.1 Å². The van der Waals surface area contributed by atoms with Crippen molar-refractivity contribution in [3.8, 4) is 0 Å². The molecule has 2 saturated heterocycles. The van der Waals surface area contributed by atoms with Crippen LogP contribution in [-0.2, 0) is 4.79 Å². The summed E-state index contributed by atoms with van der Waals surface area (Å²) in [5, 5.41) is 0. The molecule has 2 aliphatic rings. The smallest absolute Gasteiger partial charge is 0.256 e. The highest BCUT2D eigenvalue weighted by Crippen LogP contribution is 2.45. The van der Waals surface area contributed by atoms with Gasteiger partial charge in [-0.2, -0.15) is 0 Å². The number of rotatable bonds is 2. The highest BCUT2D eigenvalue weighted by Gasteiger charge is 2.45. The summed E-state index contributed by atoms with van der Waals surface area (Å²) in [6.07, 6.45) is 5.88. The summed E-state index contributed by atoms with van der Waals surface area (Å²) >= 11 is 0. The van der Waals surface area contributed by atoms with Gasteiger partial charge in [0.15, 0.2) is 0 Å². The van der Waals surface area contributed by atoms with Gasteiger partial charge < -0.3 is 9.80 Å². The molecule has 3 heterocycles. The Bertz CT molecular complexity index is 858. The van der Waals surface area contributed by atoms with E-state index in [1.54, 1.807) is 12.4 Å². The van der Waals surface area contributed by atoms with Gasteiger partial charge in [0.05, 0.1) is 11.5 Å². The first-order chi connectivity index (χ1) is 13.5. The normalized spacial score (nSPS) is 21.8. The Morgan fingerprint density at radius 2 is 1.75 bits per heavy atom. The maximum absolute atomic E-state index is 12.8. The summed E-state index contributed by atoms with van der Waals surface area (Å²) in [5.74, 6) is 0.769. The summed E-state index contributed by atoms with van der Waals surface area (Å²) in [7, 11) is 1.90. The minimum absolute atomic E-state index is 0.00491. The van der Waals surface area contributed by atoms with Crippen LogP contribution in [0.4, 0.5) is 0 Å². The van der Waals surface area contributed by atoms with Crippen LogP contribution in [0.1, 0.15) is 46.9 Å². The average Bonchev–Trinajstić information content (AvgIpc) is 2.72. The van der Waals surface area contributed by atoms with Gasteiger partial charge in [0.25, 0.3) is 5.91 Å². The fraction of sp³-hybridized carbons (Fsp3) is 0.455. The zero-order valence-electron chi connectivity index (χ0n) is 16.5. The second-order valence-electron chi connectivity index (χ2n) is 8.17. The molecule has 0 unspecified atom stereocenters. The van der Waals surface area contributed by atoms with Gasteiger partial charge in [0.2, 0.25) is 5.91 Å². The van der Waals surface area contributed by atoms with Gasteiger partial charge >= 0.3 is 0 Å². The van der Waals surface area contributed by atoms with E-state index in [4.69, 9.17) is 0 Å². The number of aromatic nitrogens is 2. The summed E-state index contributed by atoms with van der Waals surface area (Å²) in [6.45, 7) is 3.99. The fourth-order valence-corrected chi connectivity index (χ4v) is 4.61. The van der Waals surface area contributed by atoms with Gasteiger partial charge in [-0.1, -0.05) is 30.3 Å². The lowest BCUT2D eigenvalue weighted by atomic mass is 9.67. The third-order valence-corrected chi connectivity index (χ3v) is 6.23. The number of hydrogen-bond acceptors (Lipinski definition) is 4. The highest BCUT2D eigenvalue weighted by molar-refractivity contribution is 5.93. The molecule has 0 radical (unpaired) electrons. The van der Waals surface area contributed by atoms with Crippen molar-refractivity contribution in [2.45, 2.75) is 32.1 Å². The third-order valence-electron chi connectivity index (χ3n) is 6.23. The van der Waals surface area contributed by atoms with Crippen molar-refractivity contribution >= 4 is 11.8 Å². The standard InChI is InChI=1S/C22H26N4O2/c1-16-23-13-18(14-24-16)20(27)26-10-8-22(9-11-26)12-19(21(28)25(2)15-22)17-6-4-3-5-7-17/h3-7,13-14,19H,8-12,15H2,1-2H3/t19-/m0/s1. The van der Waals surface area contributed by atoms with Crippen molar-refractivity contribution in [3.63, 3.8) is 0 Å². The summed E-state index contributed by atoms with van der Waals surface area (Å²) in [6, 6.07) is 10.1. The van der Waals surface area contributed by atoms with Crippen LogP contribution in [0.5, 0.6) is 0 Å². The molecule has 6 heteroatoms. The Morgan fingerprint density at radius 1 is 1.11 bits per heavy atom.